The van der Waals surface area contributed by atoms with Gasteiger partial charge in [0.1, 0.15) is 11.5 Å². The number of hydrogen-bond donors (Lipinski definition) is 1. The summed E-state index contributed by atoms with van der Waals surface area (Å²) in [5.74, 6) is 1.03. The second-order valence-corrected chi connectivity index (χ2v) is 8.17. The minimum atomic E-state index is -0.473. The Kier molecular flexibility index (Phi) is 7.75. The molecule has 0 unspecified atom stereocenters. The Labute approximate surface area is 179 Å². The molecule has 1 fully saturated rings. The lowest BCUT2D eigenvalue weighted by molar-refractivity contribution is -0.160. The van der Waals surface area contributed by atoms with Gasteiger partial charge in [-0.25, -0.2) is 0 Å². The highest BCUT2D eigenvalue weighted by Crippen LogP contribution is 2.37. The van der Waals surface area contributed by atoms with Crippen LogP contribution in [-0.4, -0.2) is 48.3 Å². The molecule has 1 saturated heterocycles. The van der Waals surface area contributed by atoms with E-state index >= 15 is 0 Å². The topological polar surface area (TPSA) is 59.0 Å². The van der Waals surface area contributed by atoms with Crippen LogP contribution >= 0.6 is 0 Å². The number of phenolic OH excluding ortho intramolecular Hbond substituents is 1. The number of para-hydroxylation sites is 1. The van der Waals surface area contributed by atoms with Gasteiger partial charge >= 0.3 is 5.97 Å². The molecule has 5 heteroatoms. The largest absolute Gasteiger partial charge is 0.508 e. The lowest BCUT2D eigenvalue weighted by Gasteiger charge is -2.42. The number of piperidine rings is 1. The Morgan fingerprint density at radius 1 is 1.10 bits per heavy atom. The summed E-state index contributed by atoms with van der Waals surface area (Å²) in [6.07, 6.45) is 3.15. The Morgan fingerprint density at radius 3 is 2.40 bits per heavy atom. The molecule has 1 heterocycles. The molecule has 0 aliphatic carbocycles. The maximum absolute atomic E-state index is 12.8. The summed E-state index contributed by atoms with van der Waals surface area (Å²) in [5.41, 5.74) is 0.735. The number of carbonyl (C=O) groups is 1. The van der Waals surface area contributed by atoms with Gasteiger partial charge in [0.25, 0.3) is 0 Å². The molecule has 1 N–H and O–H groups in total. The average molecular weight is 412 g/mol. The van der Waals surface area contributed by atoms with Gasteiger partial charge < -0.3 is 19.5 Å². The zero-order valence-electron chi connectivity index (χ0n) is 18.0. The zero-order chi connectivity index (χ0) is 21.4. The predicted octanol–water partition coefficient (Wildman–Crippen LogP) is 4.44. The van der Waals surface area contributed by atoms with Gasteiger partial charge in [-0.3, -0.25) is 4.79 Å². The highest BCUT2D eigenvalue weighted by atomic mass is 16.5. The van der Waals surface area contributed by atoms with Crippen LogP contribution in [0.1, 0.15) is 38.7 Å². The van der Waals surface area contributed by atoms with Crippen molar-refractivity contribution in [2.45, 2.75) is 45.6 Å². The smallest absolute Gasteiger partial charge is 0.312 e. The fraction of sp³-hybridized carbons (Fsp3) is 0.480. The SMILES string of the molecule is CCOC(=O)C1(CCOc2ccccc2)CCN([C@@H](C)Cc2ccc(O)cc2)CC1. The molecular weight excluding hydrogens is 378 g/mol. The van der Waals surface area contributed by atoms with Crippen molar-refractivity contribution in [1.29, 1.82) is 0 Å². The zero-order valence-corrected chi connectivity index (χ0v) is 18.0. The summed E-state index contributed by atoms with van der Waals surface area (Å²) >= 11 is 0. The maximum atomic E-state index is 12.8. The van der Waals surface area contributed by atoms with Crippen molar-refractivity contribution in [3.8, 4) is 11.5 Å². The molecule has 0 spiro atoms. The lowest BCUT2D eigenvalue weighted by Crippen LogP contribution is -2.49. The molecule has 0 bridgehead atoms. The van der Waals surface area contributed by atoms with Crippen LogP contribution < -0.4 is 4.74 Å². The highest BCUT2D eigenvalue weighted by molar-refractivity contribution is 5.77. The van der Waals surface area contributed by atoms with Gasteiger partial charge in [-0.15, -0.1) is 0 Å². The summed E-state index contributed by atoms with van der Waals surface area (Å²) < 4.78 is 11.3. The molecule has 162 valence electrons. The molecule has 0 radical (unpaired) electrons. The minimum Gasteiger partial charge on any atom is -0.508 e. The number of benzene rings is 2. The minimum absolute atomic E-state index is 0.0903. The van der Waals surface area contributed by atoms with Crippen molar-refractivity contribution < 1.29 is 19.4 Å². The molecule has 1 atom stereocenters. The van der Waals surface area contributed by atoms with E-state index in [9.17, 15) is 9.90 Å². The Bertz CT molecular complexity index is 783. The number of hydrogen-bond acceptors (Lipinski definition) is 5. The van der Waals surface area contributed by atoms with E-state index in [-0.39, 0.29) is 5.97 Å². The molecule has 0 aromatic heterocycles. The molecule has 0 saturated carbocycles. The molecule has 30 heavy (non-hydrogen) atoms. The van der Waals surface area contributed by atoms with Crippen LogP contribution in [0.2, 0.25) is 0 Å². The van der Waals surface area contributed by atoms with Crippen LogP contribution in [0.3, 0.4) is 0 Å². The summed E-state index contributed by atoms with van der Waals surface area (Å²) in [6.45, 7) is 6.73. The number of ether oxygens (including phenoxy) is 2. The average Bonchev–Trinajstić information content (AvgIpc) is 2.76. The van der Waals surface area contributed by atoms with Gasteiger partial charge in [0, 0.05) is 6.04 Å². The van der Waals surface area contributed by atoms with Crippen LogP contribution in [-0.2, 0) is 16.0 Å². The Hall–Kier alpha value is -2.53. The van der Waals surface area contributed by atoms with Crippen LogP contribution in [0.25, 0.3) is 0 Å². The quantitative estimate of drug-likeness (QED) is 0.618. The lowest BCUT2D eigenvalue weighted by atomic mass is 9.75. The molecule has 1 aliphatic heterocycles. The van der Waals surface area contributed by atoms with Gasteiger partial charge in [-0.2, -0.15) is 0 Å². The van der Waals surface area contributed by atoms with Gasteiger partial charge in [-0.1, -0.05) is 30.3 Å². The van der Waals surface area contributed by atoms with E-state index in [1.165, 1.54) is 5.56 Å². The fourth-order valence-corrected chi connectivity index (χ4v) is 4.22. The van der Waals surface area contributed by atoms with Crippen molar-refractivity contribution in [3.63, 3.8) is 0 Å². The summed E-state index contributed by atoms with van der Waals surface area (Å²) in [7, 11) is 0. The number of carbonyl (C=O) groups excluding carboxylic acids is 1. The van der Waals surface area contributed by atoms with E-state index in [1.54, 1.807) is 12.1 Å². The number of rotatable bonds is 9. The van der Waals surface area contributed by atoms with E-state index in [0.29, 0.717) is 31.4 Å². The van der Waals surface area contributed by atoms with Crippen molar-refractivity contribution >= 4 is 5.97 Å². The van der Waals surface area contributed by atoms with Crippen LogP contribution in [0, 0.1) is 5.41 Å². The third-order valence-electron chi connectivity index (χ3n) is 6.15. The first-order valence-electron chi connectivity index (χ1n) is 10.9. The summed E-state index contributed by atoms with van der Waals surface area (Å²) in [6, 6.07) is 17.5. The molecule has 0 amide bonds. The summed E-state index contributed by atoms with van der Waals surface area (Å²) in [4.78, 5) is 15.3. The standard InChI is InChI=1S/C25H33NO4/c1-3-29-24(28)25(15-18-30-23-7-5-4-6-8-23)13-16-26(17-14-25)20(2)19-21-9-11-22(27)12-10-21/h4-12,20,27H,3,13-19H2,1-2H3/t20-/m0/s1. The number of phenols is 1. The first kappa shape index (κ1) is 22.2. The van der Waals surface area contributed by atoms with E-state index in [1.807, 2.05) is 49.4 Å². The third kappa shape index (κ3) is 5.76. The molecule has 3 rings (SSSR count). The first-order valence-corrected chi connectivity index (χ1v) is 10.9. The van der Waals surface area contributed by atoms with Gasteiger partial charge in [0.15, 0.2) is 0 Å². The summed E-state index contributed by atoms with van der Waals surface area (Å²) in [5, 5.41) is 9.47. The van der Waals surface area contributed by atoms with E-state index < -0.39 is 5.41 Å². The highest BCUT2D eigenvalue weighted by Gasteiger charge is 2.43. The Balaban J connectivity index is 1.57. The van der Waals surface area contributed by atoms with Gasteiger partial charge in [0.2, 0.25) is 0 Å². The molecule has 5 nitrogen and oxygen atoms in total. The van der Waals surface area contributed by atoms with Gasteiger partial charge in [0.05, 0.1) is 18.6 Å². The predicted molar refractivity (Wildman–Crippen MR) is 118 cm³/mol. The maximum Gasteiger partial charge on any atom is 0.312 e. The number of esters is 1. The van der Waals surface area contributed by atoms with Crippen LogP contribution in [0.15, 0.2) is 54.6 Å². The first-order chi connectivity index (χ1) is 14.5. The van der Waals surface area contributed by atoms with Crippen LogP contribution in [0.5, 0.6) is 11.5 Å². The van der Waals surface area contributed by atoms with Crippen LogP contribution in [0.4, 0.5) is 0 Å². The second kappa shape index (κ2) is 10.5. The normalized spacial score (nSPS) is 17.3. The van der Waals surface area contributed by atoms with Crippen molar-refractivity contribution in [2.75, 3.05) is 26.3 Å². The number of nitrogens with zero attached hydrogens (tertiary/aromatic N) is 1. The Morgan fingerprint density at radius 2 is 1.77 bits per heavy atom. The molecular formula is C25H33NO4. The van der Waals surface area contributed by atoms with E-state index in [0.717, 1.165) is 38.1 Å². The van der Waals surface area contributed by atoms with Crippen molar-refractivity contribution in [1.82, 2.24) is 4.90 Å². The third-order valence-corrected chi connectivity index (χ3v) is 6.15. The number of aromatic hydroxyl groups is 1. The second-order valence-electron chi connectivity index (χ2n) is 8.17. The molecule has 1 aliphatic rings. The monoisotopic (exact) mass is 411 g/mol. The van der Waals surface area contributed by atoms with E-state index in [2.05, 4.69) is 11.8 Å². The van der Waals surface area contributed by atoms with Crippen molar-refractivity contribution in [2.24, 2.45) is 5.41 Å². The number of likely N-dealkylation sites (tertiary alicyclic amines) is 1. The molecule has 2 aromatic carbocycles. The molecule has 2 aromatic rings. The van der Waals surface area contributed by atoms with E-state index in [4.69, 9.17) is 9.47 Å². The van der Waals surface area contributed by atoms with Crippen molar-refractivity contribution in [3.05, 3.63) is 60.2 Å². The fourth-order valence-electron chi connectivity index (χ4n) is 4.22. The van der Waals surface area contributed by atoms with Gasteiger partial charge in [-0.05, 0) is 82.4 Å².